The van der Waals surface area contributed by atoms with Crippen LogP contribution in [0.25, 0.3) is 0 Å². The molecule has 14 heavy (non-hydrogen) atoms. The second-order valence-electron chi connectivity index (χ2n) is 3.10. The van der Waals surface area contributed by atoms with Gasteiger partial charge in [-0.1, -0.05) is 18.2 Å². The van der Waals surface area contributed by atoms with Crippen molar-refractivity contribution in [2.24, 2.45) is 4.99 Å². The molecule has 0 aliphatic heterocycles. The standard InChI is InChI=1S/C12H18N2/c1-4-13-11(3)14(5-2)12-9-7-6-8-10-12/h6-10H,4-5H2,1-3H3. The van der Waals surface area contributed by atoms with E-state index in [1.807, 2.05) is 6.07 Å². The summed E-state index contributed by atoms with van der Waals surface area (Å²) >= 11 is 0. The summed E-state index contributed by atoms with van der Waals surface area (Å²) in [4.78, 5) is 6.63. The molecule has 0 aromatic heterocycles. The maximum absolute atomic E-state index is 4.41. The van der Waals surface area contributed by atoms with Crippen molar-refractivity contribution < 1.29 is 0 Å². The minimum Gasteiger partial charge on any atom is -0.331 e. The van der Waals surface area contributed by atoms with Gasteiger partial charge in [-0.15, -0.1) is 0 Å². The summed E-state index contributed by atoms with van der Waals surface area (Å²) < 4.78 is 0. The van der Waals surface area contributed by atoms with Crippen LogP contribution in [0, 0.1) is 0 Å². The van der Waals surface area contributed by atoms with Gasteiger partial charge in [0.25, 0.3) is 0 Å². The highest BCUT2D eigenvalue weighted by molar-refractivity contribution is 5.95. The fourth-order valence-corrected chi connectivity index (χ4v) is 1.52. The molecule has 0 fully saturated rings. The Morgan fingerprint density at radius 2 is 1.86 bits per heavy atom. The molecule has 0 aliphatic carbocycles. The number of hydrogen-bond donors (Lipinski definition) is 0. The third-order valence-corrected chi connectivity index (χ3v) is 2.16. The number of anilines is 1. The van der Waals surface area contributed by atoms with Crippen molar-refractivity contribution in [2.75, 3.05) is 18.0 Å². The number of rotatable bonds is 3. The van der Waals surface area contributed by atoms with E-state index in [1.54, 1.807) is 0 Å². The van der Waals surface area contributed by atoms with Gasteiger partial charge in [-0.05, 0) is 32.9 Å². The second-order valence-corrected chi connectivity index (χ2v) is 3.10. The van der Waals surface area contributed by atoms with Gasteiger partial charge in [0.15, 0.2) is 0 Å². The summed E-state index contributed by atoms with van der Waals surface area (Å²) in [5, 5.41) is 0. The van der Waals surface area contributed by atoms with Crippen LogP contribution in [0.1, 0.15) is 20.8 Å². The molecule has 1 rings (SSSR count). The average molecular weight is 190 g/mol. The maximum atomic E-state index is 4.41. The van der Waals surface area contributed by atoms with Crippen molar-refractivity contribution in [3.05, 3.63) is 30.3 Å². The summed E-state index contributed by atoms with van der Waals surface area (Å²) in [5.74, 6) is 1.08. The lowest BCUT2D eigenvalue weighted by molar-refractivity contribution is 1.02. The molecule has 0 bridgehead atoms. The van der Waals surface area contributed by atoms with Crippen LogP contribution in [0.5, 0.6) is 0 Å². The lowest BCUT2D eigenvalue weighted by atomic mass is 10.3. The molecule has 2 heteroatoms. The lowest BCUT2D eigenvalue weighted by Crippen LogP contribution is -2.28. The molecule has 0 radical (unpaired) electrons. The predicted molar refractivity (Wildman–Crippen MR) is 63.1 cm³/mol. The molecule has 1 aromatic rings. The van der Waals surface area contributed by atoms with E-state index in [4.69, 9.17) is 0 Å². The molecule has 0 unspecified atom stereocenters. The Labute approximate surface area is 86.3 Å². The summed E-state index contributed by atoms with van der Waals surface area (Å²) in [6, 6.07) is 10.4. The normalized spacial score (nSPS) is 11.5. The second kappa shape index (κ2) is 5.43. The minimum atomic E-state index is 0.842. The van der Waals surface area contributed by atoms with Crippen molar-refractivity contribution in [1.29, 1.82) is 0 Å². The highest BCUT2D eigenvalue weighted by atomic mass is 15.2. The fourth-order valence-electron chi connectivity index (χ4n) is 1.52. The molecular weight excluding hydrogens is 172 g/mol. The summed E-state index contributed by atoms with van der Waals surface area (Å²) in [7, 11) is 0. The van der Waals surface area contributed by atoms with E-state index < -0.39 is 0 Å². The molecule has 0 heterocycles. The van der Waals surface area contributed by atoms with Gasteiger partial charge < -0.3 is 4.90 Å². The molecule has 0 spiro atoms. The zero-order chi connectivity index (χ0) is 10.4. The summed E-state index contributed by atoms with van der Waals surface area (Å²) in [6.07, 6.45) is 0. The van der Waals surface area contributed by atoms with Crippen LogP contribution in [0.3, 0.4) is 0 Å². The van der Waals surface area contributed by atoms with E-state index >= 15 is 0 Å². The van der Waals surface area contributed by atoms with Gasteiger partial charge >= 0.3 is 0 Å². The van der Waals surface area contributed by atoms with E-state index in [2.05, 4.69) is 54.9 Å². The first-order valence-electron chi connectivity index (χ1n) is 5.13. The third kappa shape index (κ3) is 2.59. The zero-order valence-electron chi connectivity index (χ0n) is 9.20. The van der Waals surface area contributed by atoms with E-state index in [-0.39, 0.29) is 0 Å². The molecule has 0 amide bonds. The fraction of sp³-hybridized carbons (Fsp3) is 0.417. The van der Waals surface area contributed by atoms with Crippen LogP contribution in [-0.4, -0.2) is 18.9 Å². The number of amidine groups is 1. The van der Waals surface area contributed by atoms with Crippen molar-refractivity contribution in [3.8, 4) is 0 Å². The Balaban J connectivity index is 2.88. The SMILES string of the molecule is CCN=C(C)N(CC)c1ccccc1. The summed E-state index contributed by atoms with van der Waals surface area (Å²) in [5.41, 5.74) is 1.21. The van der Waals surface area contributed by atoms with Crippen LogP contribution in [0.15, 0.2) is 35.3 Å². The number of nitrogens with zero attached hydrogens (tertiary/aromatic N) is 2. The Hall–Kier alpha value is -1.31. The Bertz CT molecular complexity index is 290. The minimum absolute atomic E-state index is 0.842. The highest BCUT2D eigenvalue weighted by Crippen LogP contribution is 2.13. The van der Waals surface area contributed by atoms with E-state index in [9.17, 15) is 0 Å². The van der Waals surface area contributed by atoms with Crippen molar-refractivity contribution in [3.63, 3.8) is 0 Å². The number of hydrogen-bond acceptors (Lipinski definition) is 1. The van der Waals surface area contributed by atoms with E-state index in [0.29, 0.717) is 0 Å². The van der Waals surface area contributed by atoms with Gasteiger partial charge in [0.2, 0.25) is 0 Å². The quantitative estimate of drug-likeness (QED) is 0.528. The molecule has 0 saturated heterocycles. The van der Waals surface area contributed by atoms with Gasteiger partial charge in [-0.2, -0.15) is 0 Å². The zero-order valence-corrected chi connectivity index (χ0v) is 9.20. The Kier molecular flexibility index (Phi) is 4.17. The molecule has 2 nitrogen and oxygen atoms in total. The predicted octanol–water partition coefficient (Wildman–Crippen LogP) is 2.95. The largest absolute Gasteiger partial charge is 0.331 e. The monoisotopic (exact) mass is 190 g/mol. The first-order valence-corrected chi connectivity index (χ1v) is 5.13. The van der Waals surface area contributed by atoms with Gasteiger partial charge in [0.05, 0.1) is 0 Å². The van der Waals surface area contributed by atoms with Gasteiger partial charge in [-0.25, -0.2) is 0 Å². The van der Waals surface area contributed by atoms with Crippen LogP contribution in [0.2, 0.25) is 0 Å². The van der Waals surface area contributed by atoms with Crippen molar-refractivity contribution >= 4 is 11.5 Å². The molecule has 1 aromatic carbocycles. The van der Waals surface area contributed by atoms with Crippen LogP contribution >= 0.6 is 0 Å². The smallest absolute Gasteiger partial charge is 0.100 e. The molecule has 76 valence electrons. The van der Waals surface area contributed by atoms with Gasteiger partial charge in [0, 0.05) is 18.8 Å². The molecule has 0 N–H and O–H groups in total. The van der Waals surface area contributed by atoms with Crippen LogP contribution < -0.4 is 4.90 Å². The number of para-hydroxylation sites is 1. The molecule has 0 aliphatic rings. The molecule has 0 atom stereocenters. The maximum Gasteiger partial charge on any atom is 0.100 e. The average Bonchev–Trinajstić information content (AvgIpc) is 2.21. The number of aliphatic imine (C=N–C) groups is 1. The van der Waals surface area contributed by atoms with Gasteiger partial charge in [-0.3, -0.25) is 4.99 Å². The van der Waals surface area contributed by atoms with E-state index in [0.717, 1.165) is 18.9 Å². The lowest BCUT2D eigenvalue weighted by Gasteiger charge is -2.22. The summed E-state index contributed by atoms with van der Waals surface area (Å²) in [6.45, 7) is 8.05. The first-order chi connectivity index (χ1) is 6.79. The third-order valence-electron chi connectivity index (χ3n) is 2.16. The van der Waals surface area contributed by atoms with Crippen molar-refractivity contribution in [2.45, 2.75) is 20.8 Å². The topological polar surface area (TPSA) is 15.6 Å². The van der Waals surface area contributed by atoms with E-state index in [1.165, 1.54) is 5.69 Å². The van der Waals surface area contributed by atoms with Crippen LogP contribution in [0.4, 0.5) is 5.69 Å². The Morgan fingerprint density at radius 3 is 2.36 bits per heavy atom. The highest BCUT2D eigenvalue weighted by Gasteiger charge is 2.05. The van der Waals surface area contributed by atoms with Gasteiger partial charge in [0.1, 0.15) is 5.84 Å². The van der Waals surface area contributed by atoms with Crippen LogP contribution in [-0.2, 0) is 0 Å². The molecular formula is C12H18N2. The number of benzene rings is 1. The molecule has 0 saturated carbocycles. The van der Waals surface area contributed by atoms with Crippen molar-refractivity contribution in [1.82, 2.24) is 0 Å². The Morgan fingerprint density at radius 1 is 1.21 bits per heavy atom. The first kappa shape index (κ1) is 10.8.